The highest BCUT2D eigenvalue weighted by Crippen LogP contribution is 2.18. The molecule has 1 aliphatic carbocycles. The van der Waals surface area contributed by atoms with E-state index in [0.717, 1.165) is 12.8 Å². The summed E-state index contributed by atoms with van der Waals surface area (Å²) in [5, 5.41) is 5.70. The highest BCUT2D eigenvalue weighted by Gasteiger charge is 2.29. The van der Waals surface area contributed by atoms with Crippen molar-refractivity contribution < 1.29 is 14.3 Å². The molecule has 6 heteroatoms. The van der Waals surface area contributed by atoms with Gasteiger partial charge < -0.3 is 20.3 Å². The molecule has 2 N–H and O–H groups in total. The third-order valence-electron chi connectivity index (χ3n) is 3.55. The SMILES string of the molecule is CC(C)C[C@H](NC(=O)NC1CC1)C(=O)N1CCOCC1. The fourth-order valence-electron chi connectivity index (χ4n) is 2.31. The zero-order chi connectivity index (χ0) is 14.5. The Balaban J connectivity index is 1.89. The first-order valence-electron chi connectivity index (χ1n) is 7.50. The van der Waals surface area contributed by atoms with Gasteiger partial charge >= 0.3 is 6.03 Å². The molecule has 0 bridgehead atoms. The van der Waals surface area contributed by atoms with Gasteiger partial charge in [-0.25, -0.2) is 4.79 Å². The van der Waals surface area contributed by atoms with Crippen molar-refractivity contribution in [3.05, 3.63) is 0 Å². The van der Waals surface area contributed by atoms with E-state index < -0.39 is 6.04 Å². The van der Waals surface area contributed by atoms with Crippen LogP contribution >= 0.6 is 0 Å². The number of hydrogen-bond acceptors (Lipinski definition) is 3. The lowest BCUT2D eigenvalue weighted by Gasteiger charge is -2.31. The number of rotatable bonds is 5. The van der Waals surface area contributed by atoms with Crippen molar-refractivity contribution >= 4 is 11.9 Å². The molecule has 0 aromatic heterocycles. The number of hydrogen-bond donors (Lipinski definition) is 2. The molecule has 1 saturated heterocycles. The van der Waals surface area contributed by atoms with Crippen LogP contribution in [-0.2, 0) is 9.53 Å². The Morgan fingerprint density at radius 3 is 2.45 bits per heavy atom. The fourth-order valence-corrected chi connectivity index (χ4v) is 2.31. The summed E-state index contributed by atoms with van der Waals surface area (Å²) in [6, 6.07) is -0.361. The van der Waals surface area contributed by atoms with E-state index in [1.807, 2.05) is 0 Å². The quantitative estimate of drug-likeness (QED) is 0.781. The number of nitrogens with one attached hydrogen (secondary N) is 2. The van der Waals surface area contributed by atoms with Crippen LogP contribution in [-0.4, -0.2) is 55.2 Å². The van der Waals surface area contributed by atoms with E-state index in [1.54, 1.807) is 4.90 Å². The summed E-state index contributed by atoms with van der Waals surface area (Å²) in [6.07, 6.45) is 2.74. The summed E-state index contributed by atoms with van der Waals surface area (Å²) in [5.74, 6) is 0.360. The lowest BCUT2D eigenvalue weighted by Crippen LogP contribution is -2.54. The van der Waals surface area contributed by atoms with Crippen molar-refractivity contribution in [2.24, 2.45) is 5.92 Å². The molecule has 2 aliphatic rings. The minimum atomic E-state index is -0.438. The van der Waals surface area contributed by atoms with Crippen LogP contribution in [0.5, 0.6) is 0 Å². The molecule has 1 saturated carbocycles. The molecule has 1 heterocycles. The predicted molar refractivity (Wildman–Crippen MR) is 75.3 cm³/mol. The summed E-state index contributed by atoms with van der Waals surface area (Å²) >= 11 is 0. The van der Waals surface area contributed by atoms with Crippen LogP contribution in [0.1, 0.15) is 33.1 Å². The summed E-state index contributed by atoms with van der Waals surface area (Å²) in [4.78, 5) is 26.1. The molecule has 2 rings (SSSR count). The lowest BCUT2D eigenvalue weighted by molar-refractivity contribution is -0.137. The maximum absolute atomic E-state index is 12.5. The molecular formula is C14H25N3O3. The van der Waals surface area contributed by atoms with Gasteiger partial charge in [-0.3, -0.25) is 4.79 Å². The molecule has 0 aromatic carbocycles. The zero-order valence-electron chi connectivity index (χ0n) is 12.4. The average molecular weight is 283 g/mol. The minimum absolute atomic E-state index is 0.00736. The van der Waals surface area contributed by atoms with Crippen molar-refractivity contribution in [1.29, 1.82) is 0 Å². The average Bonchev–Trinajstić information content (AvgIpc) is 3.21. The molecule has 0 spiro atoms. The number of carbonyl (C=O) groups is 2. The molecule has 1 atom stereocenters. The third-order valence-corrected chi connectivity index (χ3v) is 3.55. The molecule has 2 fully saturated rings. The van der Waals surface area contributed by atoms with Crippen LogP contribution in [0.2, 0.25) is 0 Å². The van der Waals surface area contributed by atoms with Crippen LogP contribution in [0.3, 0.4) is 0 Å². The monoisotopic (exact) mass is 283 g/mol. The molecule has 0 aromatic rings. The van der Waals surface area contributed by atoms with E-state index >= 15 is 0 Å². The van der Waals surface area contributed by atoms with Crippen molar-refractivity contribution in [1.82, 2.24) is 15.5 Å². The molecule has 114 valence electrons. The normalized spacial score (nSPS) is 20.6. The largest absolute Gasteiger partial charge is 0.378 e. The van der Waals surface area contributed by atoms with Crippen molar-refractivity contribution in [2.75, 3.05) is 26.3 Å². The van der Waals surface area contributed by atoms with Gasteiger partial charge in [-0.1, -0.05) is 13.8 Å². The number of nitrogens with zero attached hydrogens (tertiary/aromatic N) is 1. The number of ether oxygens (including phenoxy) is 1. The maximum Gasteiger partial charge on any atom is 0.315 e. The summed E-state index contributed by atoms with van der Waals surface area (Å²) in [7, 11) is 0. The third kappa shape index (κ3) is 4.67. The van der Waals surface area contributed by atoms with Gasteiger partial charge in [0.15, 0.2) is 0 Å². The van der Waals surface area contributed by atoms with Gasteiger partial charge in [0.25, 0.3) is 0 Å². The highest BCUT2D eigenvalue weighted by molar-refractivity contribution is 5.87. The predicted octanol–water partition coefficient (Wildman–Crippen LogP) is 0.722. The van der Waals surface area contributed by atoms with E-state index in [2.05, 4.69) is 24.5 Å². The van der Waals surface area contributed by atoms with Crippen LogP contribution in [0, 0.1) is 5.92 Å². The number of morpholine rings is 1. The Labute approximate surface area is 120 Å². The maximum atomic E-state index is 12.5. The smallest absolute Gasteiger partial charge is 0.315 e. The topological polar surface area (TPSA) is 70.7 Å². The molecule has 3 amide bonds. The Bertz CT molecular complexity index is 350. The number of urea groups is 1. The van der Waals surface area contributed by atoms with Crippen LogP contribution in [0.25, 0.3) is 0 Å². The van der Waals surface area contributed by atoms with Gasteiger partial charge in [-0.15, -0.1) is 0 Å². The van der Waals surface area contributed by atoms with Crippen LogP contribution in [0.15, 0.2) is 0 Å². The van der Waals surface area contributed by atoms with E-state index in [0.29, 0.717) is 44.7 Å². The van der Waals surface area contributed by atoms with Gasteiger partial charge in [-0.2, -0.15) is 0 Å². The Morgan fingerprint density at radius 1 is 1.25 bits per heavy atom. The van der Waals surface area contributed by atoms with Crippen LogP contribution < -0.4 is 10.6 Å². The summed E-state index contributed by atoms with van der Waals surface area (Å²) < 4.78 is 5.26. The van der Waals surface area contributed by atoms with E-state index in [-0.39, 0.29) is 11.9 Å². The van der Waals surface area contributed by atoms with Gasteiger partial charge in [0.1, 0.15) is 6.04 Å². The number of amides is 3. The van der Waals surface area contributed by atoms with Gasteiger partial charge in [0.05, 0.1) is 13.2 Å². The van der Waals surface area contributed by atoms with Gasteiger partial charge in [0, 0.05) is 19.1 Å². The fraction of sp³-hybridized carbons (Fsp3) is 0.857. The molecular weight excluding hydrogens is 258 g/mol. The Kier molecular flexibility index (Phi) is 5.23. The van der Waals surface area contributed by atoms with Crippen molar-refractivity contribution in [3.63, 3.8) is 0 Å². The zero-order valence-corrected chi connectivity index (χ0v) is 12.4. The van der Waals surface area contributed by atoms with E-state index in [9.17, 15) is 9.59 Å². The molecule has 0 radical (unpaired) electrons. The van der Waals surface area contributed by atoms with Crippen molar-refractivity contribution in [2.45, 2.75) is 45.2 Å². The first-order chi connectivity index (χ1) is 9.56. The lowest BCUT2D eigenvalue weighted by atomic mass is 10.0. The summed E-state index contributed by atoms with van der Waals surface area (Å²) in [6.45, 7) is 6.49. The molecule has 20 heavy (non-hydrogen) atoms. The second-order valence-corrected chi connectivity index (χ2v) is 6.01. The van der Waals surface area contributed by atoms with Gasteiger partial charge in [-0.05, 0) is 25.2 Å². The summed E-state index contributed by atoms with van der Waals surface area (Å²) in [5.41, 5.74) is 0. The van der Waals surface area contributed by atoms with E-state index in [1.165, 1.54) is 0 Å². The highest BCUT2D eigenvalue weighted by atomic mass is 16.5. The van der Waals surface area contributed by atoms with E-state index in [4.69, 9.17) is 4.74 Å². The first-order valence-corrected chi connectivity index (χ1v) is 7.50. The van der Waals surface area contributed by atoms with Crippen molar-refractivity contribution in [3.8, 4) is 0 Å². The Morgan fingerprint density at radius 2 is 1.90 bits per heavy atom. The second-order valence-electron chi connectivity index (χ2n) is 6.01. The molecule has 6 nitrogen and oxygen atoms in total. The molecule has 0 unspecified atom stereocenters. The van der Waals surface area contributed by atoms with Gasteiger partial charge in [0.2, 0.25) is 5.91 Å². The first kappa shape index (κ1) is 15.1. The van der Waals surface area contributed by atoms with Crippen LogP contribution in [0.4, 0.5) is 4.79 Å². The molecule has 1 aliphatic heterocycles. The standard InChI is InChI=1S/C14H25N3O3/c1-10(2)9-12(16-14(19)15-11-3-4-11)13(18)17-5-7-20-8-6-17/h10-12H,3-9H2,1-2H3,(H2,15,16,19)/t12-/m0/s1. The minimum Gasteiger partial charge on any atom is -0.378 e. The number of carbonyl (C=O) groups excluding carboxylic acids is 2. The second kappa shape index (κ2) is 6.92. The Hall–Kier alpha value is -1.30.